The molecule has 1 aromatic carbocycles. The van der Waals surface area contributed by atoms with E-state index in [0.29, 0.717) is 24.0 Å². The molecule has 0 saturated heterocycles. The highest BCUT2D eigenvalue weighted by atomic mass is 19.1. The Balaban J connectivity index is 1.89. The van der Waals surface area contributed by atoms with Gasteiger partial charge in [0.05, 0.1) is 6.10 Å². The number of rotatable bonds is 1. The Hall–Kier alpha value is -1.09. The van der Waals surface area contributed by atoms with Crippen LogP contribution in [0.4, 0.5) is 4.39 Å². The van der Waals surface area contributed by atoms with Crippen LogP contribution in [0.3, 0.4) is 0 Å². The Morgan fingerprint density at radius 2 is 2.15 bits per heavy atom. The van der Waals surface area contributed by atoms with E-state index in [1.165, 1.54) is 18.6 Å². The number of aliphatic hydroxyl groups excluding tert-OH is 1. The largest absolute Gasteiger partial charge is 0.487 e. The third-order valence-corrected chi connectivity index (χ3v) is 5.01. The lowest BCUT2D eigenvalue weighted by atomic mass is 9.70. The second kappa shape index (κ2) is 5.03. The molecule has 3 heteroatoms. The summed E-state index contributed by atoms with van der Waals surface area (Å²) in [6.07, 6.45) is 4.38. The van der Waals surface area contributed by atoms with Crippen molar-refractivity contribution >= 4 is 0 Å². The maximum atomic E-state index is 13.4. The van der Waals surface area contributed by atoms with Crippen LogP contribution in [0, 0.1) is 17.7 Å². The summed E-state index contributed by atoms with van der Waals surface area (Å²) in [4.78, 5) is 0. The van der Waals surface area contributed by atoms with E-state index < -0.39 is 6.10 Å². The average Bonchev–Trinajstić information content (AvgIpc) is 2.37. The second-order valence-electron chi connectivity index (χ2n) is 6.79. The molecule has 1 aromatic rings. The van der Waals surface area contributed by atoms with E-state index in [1.807, 2.05) is 0 Å². The van der Waals surface area contributed by atoms with Crippen molar-refractivity contribution in [2.45, 2.75) is 57.7 Å². The third kappa shape index (κ3) is 2.44. The first-order valence-electron chi connectivity index (χ1n) is 7.66. The molecule has 110 valence electrons. The fourth-order valence-corrected chi connectivity index (χ4v) is 3.82. The van der Waals surface area contributed by atoms with Crippen LogP contribution >= 0.6 is 0 Å². The van der Waals surface area contributed by atoms with E-state index in [0.717, 1.165) is 24.8 Å². The molecular weight excluding hydrogens is 255 g/mol. The van der Waals surface area contributed by atoms with Gasteiger partial charge in [0.15, 0.2) is 0 Å². The molecular formula is C17H23FO2. The van der Waals surface area contributed by atoms with Gasteiger partial charge in [-0.3, -0.25) is 0 Å². The van der Waals surface area contributed by atoms with Crippen LogP contribution in [-0.4, -0.2) is 10.7 Å². The van der Waals surface area contributed by atoms with E-state index in [-0.39, 0.29) is 11.4 Å². The van der Waals surface area contributed by atoms with Crippen molar-refractivity contribution in [1.82, 2.24) is 0 Å². The predicted molar refractivity (Wildman–Crippen MR) is 76.1 cm³/mol. The quantitative estimate of drug-likeness (QED) is 0.833. The molecule has 1 heterocycles. The minimum Gasteiger partial charge on any atom is -0.487 e. The minimum absolute atomic E-state index is 0.298. The van der Waals surface area contributed by atoms with Crippen LogP contribution in [0.1, 0.15) is 57.6 Å². The number of halogens is 1. The number of aliphatic hydroxyl groups is 1. The standard InChI is InChI=1S/C17H23FO2/c1-11(2)12-4-3-7-17(9-12)10-15(19)14-6-5-13(18)8-16(14)20-17/h5-6,8,11-12,15,19H,3-4,7,9-10H2,1-2H3/t12?,15-,17?/m1/s1. The molecule has 1 spiro atoms. The first-order chi connectivity index (χ1) is 9.49. The van der Waals surface area contributed by atoms with E-state index in [4.69, 9.17) is 4.74 Å². The number of hydrogen-bond acceptors (Lipinski definition) is 2. The first-order valence-corrected chi connectivity index (χ1v) is 7.66. The molecule has 0 amide bonds. The lowest BCUT2D eigenvalue weighted by molar-refractivity contribution is -0.0574. The number of hydrogen-bond donors (Lipinski definition) is 1. The third-order valence-electron chi connectivity index (χ3n) is 5.01. The molecule has 0 aromatic heterocycles. The van der Waals surface area contributed by atoms with Gasteiger partial charge in [0, 0.05) is 18.1 Å². The van der Waals surface area contributed by atoms with Crippen molar-refractivity contribution in [3.8, 4) is 5.75 Å². The number of ether oxygens (including phenoxy) is 1. The second-order valence-corrected chi connectivity index (χ2v) is 6.79. The summed E-state index contributed by atoms with van der Waals surface area (Å²) in [5.74, 6) is 1.49. The van der Waals surface area contributed by atoms with Crippen LogP contribution in [0.2, 0.25) is 0 Å². The van der Waals surface area contributed by atoms with Crippen LogP contribution < -0.4 is 4.74 Å². The van der Waals surface area contributed by atoms with Crippen molar-refractivity contribution in [3.05, 3.63) is 29.6 Å². The van der Waals surface area contributed by atoms with Gasteiger partial charge in [-0.05, 0) is 49.7 Å². The van der Waals surface area contributed by atoms with E-state index in [9.17, 15) is 9.50 Å². The molecule has 2 aliphatic rings. The van der Waals surface area contributed by atoms with Crippen LogP contribution in [0.5, 0.6) is 5.75 Å². The Morgan fingerprint density at radius 3 is 2.90 bits per heavy atom. The Kier molecular flexibility index (Phi) is 3.49. The molecule has 1 saturated carbocycles. The summed E-state index contributed by atoms with van der Waals surface area (Å²) in [5.41, 5.74) is 0.427. The normalized spacial score (nSPS) is 33.0. The van der Waals surface area contributed by atoms with Crippen molar-refractivity contribution < 1.29 is 14.2 Å². The first kappa shape index (κ1) is 13.9. The monoisotopic (exact) mass is 278 g/mol. The maximum absolute atomic E-state index is 13.4. The summed E-state index contributed by atoms with van der Waals surface area (Å²) in [5, 5.41) is 10.4. The van der Waals surface area contributed by atoms with Crippen LogP contribution in [-0.2, 0) is 0 Å². The molecule has 1 N–H and O–H groups in total. The van der Waals surface area contributed by atoms with Gasteiger partial charge in [-0.2, -0.15) is 0 Å². The molecule has 0 radical (unpaired) electrons. The maximum Gasteiger partial charge on any atom is 0.128 e. The Bertz CT molecular complexity index is 500. The molecule has 3 atom stereocenters. The van der Waals surface area contributed by atoms with Gasteiger partial charge in [-0.25, -0.2) is 4.39 Å². The van der Waals surface area contributed by atoms with Gasteiger partial charge in [0.2, 0.25) is 0 Å². The molecule has 20 heavy (non-hydrogen) atoms. The zero-order valence-electron chi connectivity index (χ0n) is 12.2. The summed E-state index contributed by atoms with van der Waals surface area (Å²) >= 11 is 0. The fraction of sp³-hybridized carbons (Fsp3) is 0.647. The van der Waals surface area contributed by atoms with Crippen molar-refractivity contribution in [2.75, 3.05) is 0 Å². The zero-order valence-corrected chi connectivity index (χ0v) is 12.2. The van der Waals surface area contributed by atoms with Gasteiger partial charge < -0.3 is 9.84 Å². The van der Waals surface area contributed by atoms with Gasteiger partial charge in [0.25, 0.3) is 0 Å². The molecule has 1 aliphatic heterocycles. The zero-order chi connectivity index (χ0) is 14.3. The number of benzene rings is 1. The van der Waals surface area contributed by atoms with Gasteiger partial charge in [-0.1, -0.05) is 13.8 Å². The fourth-order valence-electron chi connectivity index (χ4n) is 3.82. The molecule has 1 aliphatic carbocycles. The van der Waals surface area contributed by atoms with E-state index in [1.54, 1.807) is 6.07 Å². The average molecular weight is 278 g/mol. The highest BCUT2D eigenvalue weighted by Gasteiger charge is 2.44. The van der Waals surface area contributed by atoms with Crippen LogP contribution in [0.25, 0.3) is 0 Å². The van der Waals surface area contributed by atoms with Crippen molar-refractivity contribution in [2.24, 2.45) is 11.8 Å². The lowest BCUT2D eigenvalue weighted by Crippen LogP contribution is -2.45. The summed E-state index contributed by atoms with van der Waals surface area (Å²) < 4.78 is 19.6. The molecule has 1 fully saturated rings. The minimum atomic E-state index is -0.537. The summed E-state index contributed by atoms with van der Waals surface area (Å²) in [6.45, 7) is 4.49. The van der Waals surface area contributed by atoms with E-state index >= 15 is 0 Å². The highest BCUT2D eigenvalue weighted by Crippen LogP contribution is 2.48. The topological polar surface area (TPSA) is 29.5 Å². The molecule has 2 unspecified atom stereocenters. The Labute approximate surface area is 120 Å². The van der Waals surface area contributed by atoms with Crippen molar-refractivity contribution in [1.29, 1.82) is 0 Å². The highest BCUT2D eigenvalue weighted by molar-refractivity contribution is 5.38. The van der Waals surface area contributed by atoms with Gasteiger partial charge in [0.1, 0.15) is 17.2 Å². The lowest BCUT2D eigenvalue weighted by Gasteiger charge is -2.46. The Morgan fingerprint density at radius 1 is 1.35 bits per heavy atom. The molecule has 0 bridgehead atoms. The van der Waals surface area contributed by atoms with E-state index in [2.05, 4.69) is 13.8 Å². The molecule has 3 rings (SSSR count). The smallest absolute Gasteiger partial charge is 0.128 e. The SMILES string of the molecule is CC(C)C1CCCC2(C1)C[C@@H](O)c1ccc(F)cc1O2. The summed E-state index contributed by atoms with van der Waals surface area (Å²) in [6, 6.07) is 4.45. The summed E-state index contributed by atoms with van der Waals surface area (Å²) in [7, 11) is 0. The predicted octanol–water partition coefficient (Wildman–Crippen LogP) is 4.23. The van der Waals surface area contributed by atoms with Crippen molar-refractivity contribution in [3.63, 3.8) is 0 Å². The van der Waals surface area contributed by atoms with Gasteiger partial charge in [-0.15, -0.1) is 0 Å². The number of fused-ring (bicyclic) bond motifs is 1. The van der Waals surface area contributed by atoms with Gasteiger partial charge >= 0.3 is 0 Å². The molecule has 2 nitrogen and oxygen atoms in total. The van der Waals surface area contributed by atoms with Crippen LogP contribution in [0.15, 0.2) is 18.2 Å².